The maximum atomic E-state index is 14.6. The zero-order chi connectivity index (χ0) is 22.6. The van der Waals surface area contributed by atoms with Gasteiger partial charge in [0, 0.05) is 5.56 Å². The molecular weight excluding hydrogens is 391 g/mol. The van der Waals surface area contributed by atoms with E-state index in [1.807, 2.05) is 6.07 Å². The summed E-state index contributed by atoms with van der Waals surface area (Å²) in [6.45, 7) is 4.43. The van der Waals surface area contributed by atoms with E-state index in [1.54, 1.807) is 6.07 Å². The van der Waals surface area contributed by atoms with Gasteiger partial charge in [-0.3, -0.25) is 0 Å². The molecule has 0 atom stereocenters. The molecule has 0 unspecified atom stereocenters. The van der Waals surface area contributed by atoms with Gasteiger partial charge in [0.2, 0.25) is 0 Å². The second kappa shape index (κ2) is 13.2. The maximum absolute atomic E-state index is 14.6. The summed E-state index contributed by atoms with van der Waals surface area (Å²) in [5.74, 6) is -0.114. The summed E-state index contributed by atoms with van der Waals surface area (Å²) in [6.07, 6.45) is 13.1. The van der Waals surface area contributed by atoms with Crippen LogP contribution in [0.4, 0.5) is 4.39 Å². The summed E-state index contributed by atoms with van der Waals surface area (Å²) in [5, 5.41) is 0. The molecule has 0 spiro atoms. The normalized spacial score (nSPS) is 11.1. The molecule has 3 aromatic carbocycles. The van der Waals surface area contributed by atoms with Crippen molar-refractivity contribution in [1.82, 2.24) is 0 Å². The smallest absolute Gasteiger partial charge is 0.131 e. The van der Waals surface area contributed by atoms with Crippen LogP contribution in [-0.4, -0.2) is 0 Å². The van der Waals surface area contributed by atoms with Crippen LogP contribution in [0, 0.1) is 5.82 Å². The van der Waals surface area contributed by atoms with Crippen LogP contribution in [0.1, 0.15) is 81.0 Å². The van der Waals surface area contributed by atoms with Crippen molar-refractivity contribution in [3.63, 3.8) is 0 Å². The minimum atomic E-state index is -0.114. The quantitative estimate of drug-likeness (QED) is 0.237. The van der Waals surface area contributed by atoms with E-state index in [4.69, 9.17) is 0 Å². The van der Waals surface area contributed by atoms with Crippen LogP contribution in [0.2, 0.25) is 0 Å². The van der Waals surface area contributed by atoms with Gasteiger partial charge in [-0.2, -0.15) is 0 Å². The zero-order valence-corrected chi connectivity index (χ0v) is 20.0. The van der Waals surface area contributed by atoms with Crippen molar-refractivity contribution >= 4 is 0 Å². The van der Waals surface area contributed by atoms with E-state index < -0.39 is 0 Å². The van der Waals surface area contributed by atoms with Crippen LogP contribution >= 0.6 is 0 Å². The van der Waals surface area contributed by atoms with Crippen LogP contribution < -0.4 is 0 Å². The molecule has 32 heavy (non-hydrogen) atoms. The molecule has 3 rings (SSSR count). The van der Waals surface area contributed by atoms with E-state index in [2.05, 4.69) is 68.4 Å². The molecule has 0 N–H and O–H groups in total. The Bertz CT molecular complexity index is 922. The van der Waals surface area contributed by atoms with E-state index in [-0.39, 0.29) is 5.82 Å². The molecule has 1 heteroatoms. The fourth-order valence-corrected chi connectivity index (χ4v) is 4.27. The monoisotopic (exact) mass is 430 g/mol. The van der Waals surface area contributed by atoms with Crippen LogP contribution in [0.5, 0.6) is 0 Å². The Morgan fingerprint density at radius 1 is 0.500 bits per heavy atom. The van der Waals surface area contributed by atoms with E-state index in [0.29, 0.717) is 5.56 Å². The lowest BCUT2D eigenvalue weighted by Crippen LogP contribution is -1.94. The lowest BCUT2D eigenvalue weighted by molar-refractivity contribution is 0.627. The molecule has 0 saturated carbocycles. The molecule has 0 aliphatic heterocycles. The number of benzene rings is 3. The molecule has 0 radical (unpaired) electrons. The molecule has 0 aliphatic carbocycles. The van der Waals surface area contributed by atoms with E-state index >= 15 is 0 Å². The van der Waals surface area contributed by atoms with Crippen molar-refractivity contribution in [2.75, 3.05) is 0 Å². The highest BCUT2D eigenvalue weighted by atomic mass is 19.1. The van der Waals surface area contributed by atoms with Gasteiger partial charge >= 0.3 is 0 Å². The van der Waals surface area contributed by atoms with Gasteiger partial charge in [0.15, 0.2) is 0 Å². The van der Waals surface area contributed by atoms with Gasteiger partial charge in [-0.05, 0) is 72.4 Å². The van der Waals surface area contributed by atoms with Crippen LogP contribution in [-0.2, 0) is 25.7 Å². The van der Waals surface area contributed by atoms with E-state index in [1.165, 1.54) is 55.2 Å². The highest BCUT2D eigenvalue weighted by molar-refractivity contribution is 5.64. The number of halogens is 1. The molecule has 0 fully saturated rings. The molecule has 0 nitrogen and oxygen atoms in total. The summed E-state index contributed by atoms with van der Waals surface area (Å²) in [6, 6.07) is 23.3. The Balaban J connectivity index is 1.49. The molecule has 0 aliphatic rings. The second-order valence-corrected chi connectivity index (χ2v) is 9.10. The summed E-state index contributed by atoms with van der Waals surface area (Å²) < 4.78 is 14.6. The fraction of sp³-hybridized carbons (Fsp3) is 0.419. The van der Waals surface area contributed by atoms with E-state index in [0.717, 1.165) is 43.2 Å². The third-order valence-electron chi connectivity index (χ3n) is 6.41. The lowest BCUT2D eigenvalue weighted by Gasteiger charge is -2.08. The van der Waals surface area contributed by atoms with Crippen molar-refractivity contribution in [2.45, 2.75) is 84.5 Å². The second-order valence-electron chi connectivity index (χ2n) is 9.10. The predicted molar refractivity (Wildman–Crippen MR) is 137 cm³/mol. The Morgan fingerprint density at radius 2 is 1.00 bits per heavy atom. The number of hydrogen-bond donors (Lipinski definition) is 0. The number of aryl methyl sites for hydroxylation is 4. The molecule has 0 heterocycles. The maximum Gasteiger partial charge on any atom is 0.131 e. The van der Waals surface area contributed by atoms with Gasteiger partial charge in [0.25, 0.3) is 0 Å². The van der Waals surface area contributed by atoms with Crippen molar-refractivity contribution in [3.05, 3.63) is 94.8 Å². The molecule has 0 amide bonds. The van der Waals surface area contributed by atoms with Gasteiger partial charge in [-0.15, -0.1) is 0 Å². The Kier molecular flexibility index (Phi) is 10.0. The number of unbranched alkanes of at least 4 members (excludes halogenated alkanes) is 5. The zero-order valence-electron chi connectivity index (χ0n) is 20.0. The topological polar surface area (TPSA) is 0 Å². The number of rotatable bonds is 13. The first-order valence-corrected chi connectivity index (χ1v) is 12.6. The largest absolute Gasteiger partial charge is 0.206 e. The first kappa shape index (κ1) is 24.2. The number of hydrogen-bond acceptors (Lipinski definition) is 0. The summed E-state index contributed by atoms with van der Waals surface area (Å²) >= 11 is 0. The van der Waals surface area contributed by atoms with Crippen LogP contribution in [0.15, 0.2) is 66.7 Å². The summed E-state index contributed by atoms with van der Waals surface area (Å²) in [5.41, 5.74) is 6.88. The van der Waals surface area contributed by atoms with Gasteiger partial charge < -0.3 is 0 Å². The third-order valence-corrected chi connectivity index (χ3v) is 6.41. The minimum Gasteiger partial charge on any atom is -0.206 e. The van der Waals surface area contributed by atoms with E-state index in [9.17, 15) is 4.39 Å². The molecular formula is C31H39F. The fourth-order valence-electron chi connectivity index (χ4n) is 4.27. The van der Waals surface area contributed by atoms with Crippen molar-refractivity contribution in [1.29, 1.82) is 0 Å². The molecule has 170 valence electrons. The van der Waals surface area contributed by atoms with Crippen molar-refractivity contribution in [3.8, 4) is 11.1 Å². The predicted octanol–water partition coefficient (Wildman–Crippen LogP) is 9.13. The first-order valence-electron chi connectivity index (χ1n) is 12.6. The highest BCUT2D eigenvalue weighted by Gasteiger charge is 2.07. The van der Waals surface area contributed by atoms with Gasteiger partial charge in [0.1, 0.15) is 5.82 Å². The molecule has 0 saturated heterocycles. The summed E-state index contributed by atoms with van der Waals surface area (Å²) in [4.78, 5) is 0. The molecule has 0 bridgehead atoms. The third kappa shape index (κ3) is 7.62. The average Bonchev–Trinajstić information content (AvgIpc) is 2.82. The van der Waals surface area contributed by atoms with Crippen molar-refractivity contribution < 1.29 is 4.39 Å². The molecule has 3 aromatic rings. The standard InChI is InChI=1S/C31H39F/c1-3-5-7-8-9-11-25-12-14-26(15-13-25)16-17-27-18-21-29(22-19-27)30-23-20-28(10-6-4-2)24-31(30)32/h12-15,18-24H,3-11,16-17H2,1-2H3. The SMILES string of the molecule is CCCCCCCc1ccc(CCc2ccc(-c3ccc(CCCC)cc3F)cc2)cc1. The minimum absolute atomic E-state index is 0.114. The van der Waals surface area contributed by atoms with Crippen LogP contribution in [0.25, 0.3) is 11.1 Å². The molecule has 0 aromatic heterocycles. The van der Waals surface area contributed by atoms with Gasteiger partial charge in [0.05, 0.1) is 0 Å². The Labute approximate surface area is 194 Å². The average molecular weight is 431 g/mol. The van der Waals surface area contributed by atoms with Gasteiger partial charge in [-0.25, -0.2) is 4.39 Å². The van der Waals surface area contributed by atoms with Crippen LogP contribution in [0.3, 0.4) is 0 Å². The summed E-state index contributed by atoms with van der Waals surface area (Å²) in [7, 11) is 0. The van der Waals surface area contributed by atoms with Gasteiger partial charge in [-0.1, -0.05) is 107 Å². The first-order chi connectivity index (χ1) is 15.7. The Hall–Kier alpha value is -2.41. The Morgan fingerprint density at radius 3 is 1.59 bits per heavy atom. The lowest BCUT2D eigenvalue weighted by atomic mass is 9.98. The highest BCUT2D eigenvalue weighted by Crippen LogP contribution is 2.25. The van der Waals surface area contributed by atoms with Crippen molar-refractivity contribution in [2.24, 2.45) is 0 Å².